The second-order valence-electron chi connectivity index (χ2n) is 4.90. The van der Waals surface area contributed by atoms with Gasteiger partial charge in [0.15, 0.2) is 0 Å². The van der Waals surface area contributed by atoms with E-state index in [2.05, 4.69) is 23.8 Å². The summed E-state index contributed by atoms with van der Waals surface area (Å²) in [6.45, 7) is 6.05. The van der Waals surface area contributed by atoms with Gasteiger partial charge in [0.1, 0.15) is 5.75 Å². The highest BCUT2D eigenvalue weighted by Crippen LogP contribution is 2.32. The van der Waals surface area contributed by atoms with E-state index in [0.29, 0.717) is 5.75 Å². The van der Waals surface area contributed by atoms with Crippen LogP contribution >= 0.6 is 0 Å². The first-order valence-electron chi connectivity index (χ1n) is 6.35. The van der Waals surface area contributed by atoms with E-state index in [0.717, 1.165) is 22.4 Å². The molecule has 0 saturated carbocycles. The van der Waals surface area contributed by atoms with Gasteiger partial charge >= 0.3 is 0 Å². The standard InChI is InChI=1S/C16H18N2O/c1-11(2)14-8-15(12(3)7-16(14)19)18-10-13-5-4-6-17-9-13/h4-11,19H,1-3H3. The maximum atomic E-state index is 9.91. The van der Waals surface area contributed by atoms with E-state index in [1.807, 2.05) is 25.1 Å². The molecule has 1 N–H and O–H groups in total. The number of rotatable bonds is 3. The van der Waals surface area contributed by atoms with E-state index >= 15 is 0 Å². The third kappa shape index (κ3) is 3.19. The number of aromatic nitrogens is 1. The number of phenolic OH excluding ortho intramolecular Hbond substituents is 1. The number of nitrogens with zero attached hydrogens (tertiary/aromatic N) is 2. The van der Waals surface area contributed by atoms with Crippen LogP contribution in [0.2, 0.25) is 0 Å². The molecular weight excluding hydrogens is 236 g/mol. The Labute approximate surface area is 113 Å². The normalized spacial score (nSPS) is 11.4. The number of aliphatic imine (C=N–C) groups is 1. The number of hydrogen-bond donors (Lipinski definition) is 1. The number of benzene rings is 1. The zero-order valence-corrected chi connectivity index (χ0v) is 11.5. The highest BCUT2D eigenvalue weighted by molar-refractivity contribution is 5.82. The third-order valence-corrected chi connectivity index (χ3v) is 3.00. The Morgan fingerprint density at radius 1 is 1.32 bits per heavy atom. The van der Waals surface area contributed by atoms with Crippen molar-refractivity contribution in [1.29, 1.82) is 0 Å². The zero-order valence-electron chi connectivity index (χ0n) is 11.5. The smallest absolute Gasteiger partial charge is 0.119 e. The van der Waals surface area contributed by atoms with E-state index in [-0.39, 0.29) is 5.92 Å². The summed E-state index contributed by atoms with van der Waals surface area (Å²) in [4.78, 5) is 8.53. The van der Waals surface area contributed by atoms with Gasteiger partial charge in [0.05, 0.1) is 5.69 Å². The van der Waals surface area contributed by atoms with Crippen LogP contribution in [0.1, 0.15) is 36.5 Å². The van der Waals surface area contributed by atoms with Gasteiger partial charge in [-0.2, -0.15) is 0 Å². The van der Waals surface area contributed by atoms with Crippen LogP contribution in [0.25, 0.3) is 0 Å². The average Bonchev–Trinajstić information content (AvgIpc) is 2.38. The highest BCUT2D eigenvalue weighted by atomic mass is 16.3. The van der Waals surface area contributed by atoms with Gasteiger partial charge < -0.3 is 5.11 Å². The van der Waals surface area contributed by atoms with Gasteiger partial charge in [0, 0.05) is 24.2 Å². The minimum Gasteiger partial charge on any atom is -0.508 e. The fourth-order valence-electron chi connectivity index (χ4n) is 1.90. The van der Waals surface area contributed by atoms with E-state index in [9.17, 15) is 5.11 Å². The number of aromatic hydroxyl groups is 1. The fourth-order valence-corrected chi connectivity index (χ4v) is 1.90. The van der Waals surface area contributed by atoms with Crippen LogP contribution in [-0.4, -0.2) is 16.3 Å². The second-order valence-corrected chi connectivity index (χ2v) is 4.90. The van der Waals surface area contributed by atoms with Gasteiger partial charge in [-0.1, -0.05) is 19.9 Å². The first kappa shape index (κ1) is 13.3. The van der Waals surface area contributed by atoms with Gasteiger partial charge in [-0.3, -0.25) is 9.98 Å². The minimum absolute atomic E-state index is 0.271. The summed E-state index contributed by atoms with van der Waals surface area (Å²) in [5, 5.41) is 9.91. The molecule has 2 aromatic rings. The van der Waals surface area contributed by atoms with Crippen molar-refractivity contribution in [3.63, 3.8) is 0 Å². The molecule has 0 amide bonds. The van der Waals surface area contributed by atoms with Gasteiger partial charge in [0.2, 0.25) is 0 Å². The van der Waals surface area contributed by atoms with Crippen molar-refractivity contribution in [2.24, 2.45) is 4.99 Å². The lowest BCUT2D eigenvalue weighted by molar-refractivity contribution is 0.464. The molecule has 0 unspecified atom stereocenters. The molecule has 2 rings (SSSR count). The van der Waals surface area contributed by atoms with Crippen LogP contribution in [0.4, 0.5) is 5.69 Å². The molecule has 1 aromatic carbocycles. The summed E-state index contributed by atoms with van der Waals surface area (Å²) < 4.78 is 0. The SMILES string of the molecule is Cc1cc(O)c(C(C)C)cc1N=Cc1cccnc1. The van der Waals surface area contributed by atoms with E-state index in [1.54, 1.807) is 24.7 Å². The molecule has 1 heterocycles. The van der Waals surface area contributed by atoms with Crippen LogP contribution in [0.15, 0.2) is 41.7 Å². The first-order chi connectivity index (χ1) is 9.08. The Morgan fingerprint density at radius 3 is 2.74 bits per heavy atom. The van der Waals surface area contributed by atoms with Crippen LogP contribution in [0.3, 0.4) is 0 Å². The van der Waals surface area contributed by atoms with Crippen molar-refractivity contribution >= 4 is 11.9 Å². The monoisotopic (exact) mass is 254 g/mol. The molecule has 98 valence electrons. The predicted molar refractivity (Wildman–Crippen MR) is 78.4 cm³/mol. The summed E-state index contributed by atoms with van der Waals surface area (Å²) in [6, 6.07) is 7.55. The van der Waals surface area contributed by atoms with E-state index in [1.165, 1.54) is 0 Å². The molecule has 0 bridgehead atoms. The van der Waals surface area contributed by atoms with Gasteiger partial charge in [0.25, 0.3) is 0 Å². The summed E-state index contributed by atoms with van der Waals surface area (Å²) in [5.74, 6) is 0.612. The Balaban J connectivity index is 2.35. The first-order valence-corrected chi connectivity index (χ1v) is 6.35. The molecule has 0 spiro atoms. The summed E-state index contributed by atoms with van der Waals surface area (Å²) in [7, 11) is 0. The quantitative estimate of drug-likeness (QED) is 0.842. The molecule has 0 aliphatic rings. The van der Waals surface area contributed by atoms with E-state index in [4.69, 9.17) is 0 Å². The molecule has 0 aliphatic heterocycles. The highest BCUT2D eigenvalue weighted by Gasteiger charge is 2.09. The average molecular weight is 254 g/mol. The van der Waals surface area contributed by atoms with Crippen molar-refractivity contribution in [3.8, 4) is 5.75 Å². The van der Waals surface area contributed by atoms with Crippen LogP contribution in [-0.2, 0) is 0 Å². The topological polar surface area (TPSA) is 45.5 Å². The molecule has 0 atom stereocenters. The van der Waals surface area contributed by atoms with Crippen LogP contribution in [0.5, 0.6) is 5.75 Å². The molecule has 0 saturated heterocycles. The molecule has 0 aliphatic carbocycles. The van der Waals surface area contributed by atoms with E-state index < -0.39 is 0 Å². The zero-order chi connectivity index (χ0) is 13.8. The van der Waals surface area contributed by atoms with Crippen molar-refractivity contribution in [2.75, 3.05) is 0 Å². The van der Waals surface area contributed by atoms with Crippen molar-refractivity contribution < 1.29 is 5.11 Å². The lowest BCUT2D eigenvalue weighted by atomic mass is 9.99. The second kappa shape index (κ2) is 5.65. The molecular formula is C16H18N2O. The molecule has 19 heavy (non-hydrogen) atoms. The predicted octanol–water partition coefficient (Wildman–Crippen LogP) is 3.97. The minimum atomic E-state index is 0.271. The number of hydrogen-bond acceptors (Lipinski definition) is 3. The van der Waals surface area contributed by atoms with Gasteiger partial charge in [-0.05, 0) is 42.2 Å². The lowest BCUT2D eigenvalue weighted by Gasteiger charge is -2.11. The Hall–Kier alpha value is -2.16. The molecule has 0 fully saturated rings. The van der Waals surface area contributed by atoms with Crippen molar-refractivity contribution in [1.82, 2.24) is 4.98 Å². The maximum Gasteiger partial charge on any atom is 0.119 e. The lowest BCUT2D eigenvalue weighted by Crippen LogP contribution is -1.90. The van der Waals surface area contributed by atoms with Crippen molar-refractivity contribution in [2.45, 2.75) is 26.7 Å². The Morgan fingerprint density at radius 2 is 2.11 bits per heavy atom. The summed E-state index contributed by atoms with van der Waals surface area (Å²) in [5.41, 5.74) is 3.72. The molecule has 3 heteroatoms. The van der Waals surface area contributed by atoms with Gasteiger partial charge in [-0.15, -0.1) is 0 Å². The Kier molecular flexibility index (Phi) is 3.95. The van der Waals surface area contributed by atoms with Crippen LogP contribution in [0, 0.1) is 6.92 Å². The molecule has 1 aromatic heterocycles. The molecule has 0 radical (unpaired) electrons. The summed E-state index contributed by atoms with van der Waals surface area (Å²) in [6.07, 6.45) is 5.29. The van der Waals surface area contributed by atoms with Gasteiger partial charge in [-0.25, -0.2) is 0 Å². The fraction of sp³-hybridized carbons (Fsp3) is 0.250. The maximum absolute atomic E-state index is 9.91. The number of pyridine rings is 1. The third-order valence-electron chi connectivity index (χ3n) is 3.00. The Bertz CT molecular complexity index is 589. The summed E-state index contributed by atoms with van der Waals surface area (Å²) >= 11 is 0. The largest absolute Gasteiger partial charge is 0.508 e. The molecule has 3 nitrogen and oxygen atoms in total. The number of aryl methyl sites for hydroxylation is 1. The number of phenols is 1. The van der Waals surface area contributed by atoms with Crippen molar-refractivity contribution in [3.05, 3.63) is 53.3 Å². The van der Waals surface area contributed by atoms with Crippen LogP contribution < -0.4 is 0 Å².